The molecule has 0 atom stereocenters. The molecule has 1 aromatic rings. The second-order valence-corrected chi connectivity index (χ2v) is 8.75. The van der Waals surface area contributed by atoms with E-state index < -0.39 is 17.2 Å². The number of likely N-dealkylation sites (tertiary alicyclic amines) is 1. The van der Waals surface area contributed by atoms with Crippen LogP contribution in [0.3, 0.4) is 0 Å². The monoisotopic (exact) mass is 459 g/mol. The minimum absolute atomic E-state index is 0. The van der Waals surface area contributed by atoms with Crippen molar-refractivity contribution in [3.8, 4) is 0 Å². The molecule has 1 aromatic carbocycles. The quantitative estimate of drug-likeness (QED) is 0.625. The van der Waals surface area contributed by atoms with Gasteiger partial charge in [-0.05, 0) is 44.0 Å². The molecule has 0 aromatic heterocycles. The van der Waals surface area contributed by atoms with Crippen molar-refractivity contribution in [2.45, 2.75) is 44.7 Å². The van der Waals surface area contributed by atoms with Gasteiger partial charge in [0.25, 0.3) is 0 Å². The largest absolute Gasteiger partial charge is 0.416 e. The lowest BCUT2D eigenvalue weighted by atomic mass is 9.84. The number of carbonyl (C=O) groups is 2. The Labute approximate surface area is 187 Å². The van der Waals surface area contributed by atoms with E-state index in [1.54, 1.807) is 6.07 Å². The van der Waals surface area contributed by atoms with E-state index in [1.165, 1.54) is 17.0 Å². The summed E-state index contributed by atoms with van der Waals surface area (Å²) in [6.07, 6.45) is 0.515. The van der Waals surface area contributed by atoms with Crippen molar-refractivity contribution in [3.63, 3.8) is 0 Å². The van der Waals surface area contributed by atoms with Crippen molar-refractivity contribution in [1.82, 2.24) is 9.80 Å². The minimum Gasteiger partial charge on any atom is -0.369 e. The normalized spacial score (nSPS) is 21.8. The summed E-state index contributed by atoms with van der Waals surface area (Å²) in [4.78, 5) is 30.7. The SMILES string of the molecule is Cl.O=C1CC2(CCCC2)C(=O)N1CCCN1CCN(c2cccc(C(F)(F)F)c2)CC1. The number of hydrogen-bond donors (Lipinski definition) is 0. The molecule has 2 aliphatic heterocycles. The third-order valence-electron chi connectivity index (χ3n) is 6.82. The van der Waals surface area contributed by atoms with Crippen molar-refractivity contribution in [2.75, 3.05) is 44.2 Å². The van der Waals surface area contributed by atoms with Crippen LogP contribution in [-0.4, -0.2) is 60.9 Å². The maximum atomic E-state index is 12.9. The van der Waals surface area contributed by atoms with Crippen LogP contribution in [0.1, 0.15) is 44.1 Å². The maximum absolute atomic E-state index is 12.9. The second-order valence-electron chi connectivity index (χ2n) is 8.75. The molecule has 3 aliphatic rings. The highest BCUT2D eigenvalue weighted by atomic mass is 35.5. The van der Waals surface area contributed by atoms with Crippen molar-refractivity contribution < 1.29 is 22.8 Å². The first-order chi connectivity index (χ1) is 14.3. The molecule has 4 rings (SSSR count). The van der Waals surface area contributed by atoms with Gasteiger partial charge in [0.15, 0.2) is 0 Å². The lowest BCUT2D eigenvalue weighted by molar-refractivity contribution is -0.141. The average molecular weight is 460 g/mol. The molecule has 0 N–H and O–H groups in total. The number of alkyl halides is 3. The zero-order chi connectivity index (χ0) is 21.4. The first-order valence-electron chi connectivity index (χ1n) is 10.8. The average Bonchev–Trinajstić information content (AvgIpc) is 3.28. The van der Waals surface area contributed by atoms with Gasteiger partial charge in [0.1, 0.15) is 0 Å². The highest BCUT2D eigenvalue weighted by Gasteiger charge is 2.52. The Hall–Kier alpha value is -1.80. The van der Waals surface area contributed by atoms with Gasteiger partial charge < -0.3 is 4.90 Å². The summed E-state index contributed by atoms with van der Waals surface area (Å²) in [6, 6.07) is 5.47. The fraction of sp³-hybridized carbons (Fsp3) is 0.636. The summed E-state index contributed by atoms with van der Waals surface area (Å²) in [7, 11) is 0. The molecular weight excluding hydrogens is 431 g/mol. The Morgan fingerprint density at radius 1 is 0.968 bits per heavy atom. The number of amides is 2. The molecule has 31 heavy (non-hydrogen) atoms. The minimum atomic E-state index is -4.33. The zero-order valence-corrected chi connectivity index (χ0v) is 18.3. The molecule has 9 heteroatoms. The summed E-state index contributed by atoms with van der Waals surface area (Å²) in [5.74, 6) is -0.00404. The number of halogens is 4. The van der Waals surface area contributed by atoms with Gasteiger partial charge in [-0.15, -0.1) is 12.4 Å². The smallest absolute Gasteiger partial charge is 0.369 e. The van der Waals surface area contributed by atoms with Gasteiger partial charge in [-0.25, -0.2) is 0 Å². The number of hydrogen-bond acceptors (Lipinski definition) is 4. The van der Waals surface area contributed by atoms with Gasteiger partial charge in [-0.2, -0.15) is 13.2 Å². The number of anilines is 1. The lowest BCUT2D eigenvalue weighted by Crippen LogP contribution is -2.47. The molecule has 2 heterocycles. The van der Waals surface area contributed by atoms with Crippen molar-refractivity contribution >= 4 is 29.9 Å². The van der Waals surface area contributed by atoms with E-state index in [0.717, 1.165) is 57.8 Å². The van der Waals surface area contributed by atoms with E-state index in [-0.39, 0.29) is 24.2 Å². The standard InChI is InChI=1S/C22H28F3N3O2.ClH/c23-22(24,25)17-5-3-6-18(15-17)27-13-11-26(12-14-27)9-4-10-28-19(29)16-21(20(28)30)7-1-2-8-21;/h3,5-6,15H,1-2,4,7-14,16H2;1H. The summed E-state index contributed by atoms with van der Waals surface area (Å²) in [5.41, 5.74) is -0.435. The summed E-state index contributed by atoms with van der Waals surface area (Å²) in [6.45, 7) is 4.07. The van der Waals surface area contributed by atoms with Crippen LogP contribution in [0.2, 0.25) is 0 Å². The van der Waals surface area contributed by atoms with E-state index in [2.05, 4.69) is 4.90 Å². The van der Waals surface area contributed by atoms with Crippen LogP contribution in [0.5, 0.6) is 0 Å². The van der Waals surface area contributed by atoms with Crippen LogP contribution in [0.4, 0.5) is 18.9 Å². The molecule has 3 fully saturated rings. The number of piperazine rings is 1. The molecule has 2 amide bonds. The first kappa shape index (κ1) is 23.9. The van der Waals surface area contributed by atoms with Crippen LogP contribution in [-0.2, 0) is 15.8 Å². The Morgan fingerprint density at radius 2 is 1.65 bits per heavy atom. The number of nitrogens with zero attached hydrogens (tertiary/aromatic N) is 3. The van der Waals surface area contributed by atoms with Gasteiger partial charge in [-0.3, -0.25) is 19.4 Å². The zero-order valence-electron chi connectivity index (χ0n) is 17.5. The molecule has 0 radical (unpaired) electrons. The third kappa shape index (κ3) is 5.00. The number of carbonyl (C=O) groups excluding carboxylic acids is 2. The molecule has 1 saturated carbocycles. The van der Waals surface area contributed by atoms with E-state index in [1.807, 2.05) is 4.90 Å². The molecule has 1 spiro atoms. The van der Waals surface area contributed by atoms with Gasteiger partial charge in [0, 0.05) is 44.8 Å². The van der Waals surface area contributed by atoms with Gasteiger partial charge >= 0.3 is 6.18 Å². The maximum Gasteiger partial charge on any atom is 0.416 e. The predicted molar refractivity (Wildman–Crippen MR) is 114 cm³/mol. The summed E-state index contributed by atoms with van der Waals surface area (Å²) < 4.78 is 38.8. The number of rotatable bonds is 5. The van der Waals surface area contributed by atoms with Crippen molar-refractivity contribution in [3.05, 3.63) is 29.8 Å². The van der Waals surface area contributed by atoms with Gasteiger partial charge in [0.05, 0.1) is 11.0 Å². The Kier molecular flexibility index (Phi) is 7.21. The van der Waals surface area contributed by atoms with E-state index in [9.17, 15) is 22.8 Å². The van der Waals surface area contributed by atoms with Crippen LogP contribution in [0, 0.1) is 5.41 Å². The molecule has 5 nitrogen and oxygen atoms in total. The van der Waals surface area contributed by atoms with Crippen LogP contribution in [0.15, 0.2) is 24.3 Å². The Bertz CT molecular complexity index is 803. The number of benzene rings is 1. The van der Waals surface area contributed by atoms with Gasteiger partial charge in [0.2, 0.25) is 11.8 Å². The first-order valence-corrected chi connectivity index (χ1v) is 10.8. The summed E-state index contributed by atoms with van der Waals surface area (Å²) in [5, 5.41) is 0. The fourth-order valence-corrected chi connectivity index (χ4v) is 5.09. The molecule has 1 aliphatic carbocycles. The van der Waals surface area contributed by atoms with Crippen LogP contribution >= 0.6 is 12.4 Å². The predicted octanol–water partition coefficient (Wildman–Crippen LogP) is 3.96. The van der Waals surface area contributed by atoms with E-state index in [4.69, 9.17) is 0 Å². The fourth-order valence-electron chi connectivity index (χ4n) is 5.09. The molecular formula is C22H29ClF3N3O2. The van der Waals surface area contributed by atoms with Crippen LogP contribution in [0.25, 0.3) is 0 Å². The second kappa shape index (κ2) is 9.36. The molecule has 2 saturated heterocycles. The Morgan fingerprint density at radius 3 is 2.29 bits per heavy atom. The highest BCUT2D eigenvalue weighted by Crippen LogP contribution is 2.46. The van der Waals surface area contributed by atoms with Crippen LogP contribution < -0.4 is 4.90 Å². The molecule has 0 unspecified atom stereocenters. The molecule has 0 bridgehead atoms. The summed E-state index contributed by atoms with van der Waals surface area (Å²) >= 11 is 0. The van der Waals surface area contributed by atoms with Crippen molar-refractivity contribution in [1.29, 1.82) is 0 Å². The number of imide groups is 1. The van der Waals surface area contributed by atoms with Gasteiger partial charge in [-0.1, -0.05) is 18.9 Å². The van der Waals surface area contributed by atoms with Crippen molar-refractivity contribution in [2.24, 2.45) is 5.41 Å². The topological polar surface area (TPSA) is 43.9 Å². The van der Waals surface area contributed by atoms with E-state index >= 15 is 0 Å². The van der Waals surface area contributed by atoms with E-state index in [0.29, 0.717) is 31.7 Å². The lowest BCUT2D eigenvalue weighted by Gasteiger charge is -2.36. The molecule has 172 valence electrons. The highest BCUT2D eigenvalue weighted by molar-refractivity contribution is 6.06. The Balaban J connectivity index is 0.00000272. The third-order valence-corrected chi connectivity index (χ3v) is 6.82.